The first kappa shape index (κ1) is 17.9. The summed E-state index contributed by atoms with van der Waals surface area (Å²) in [5.41, 5.74) is 6.39. The van der Waals surface area contributed by atoms with Crippen LogP contribution >= 0.6 is 11.8 Å². The van der Waals surface area contributed by atoms with Crippen LogP contribution in [0.2, 0.25) is 0 Å². The Morgan fingerprint density at radius 2 is 1.36 bits per heavy atom. The van der Waals surface area contributed by atoms with Gasteiger partial charge in [0.25, 0.3) is 5.91 Å². The molecule has 3 aromatic rings. The molecule has 0 spiro atoms. The van der Waals surface area contributed by atoms with Crippen molar-refractivity contribution >= 4 is 35.1 Å². The van der Waals surface area contributed by atoms with E-state index in [0.29, 0.717) is 5.75 Å². The highest BCUT2D eigenvalue weighted by atomic mass is 32.2. The summed E-state index contributed by atoms with van der Waals surface area (Å²) in [6.07, 6.45) is 0. The van der Waals surface area contributed by atoms with E-state index < -0.39 is 11.9 Å². The Labute approximate surface area is 166 Å². The molecule has 1 aliphatic rings. The zero-order valence-electron chi connectivity index (χ0n) is 14.8. The fourth-order valence-electron chi connectivity index (χ4n) is 2.80. The van der Waals surface area contributed by atoms with Crippen molar-refractivity contribution < 1.29 is 14.3 Å². The van der Waals surface area contributed by atoms with Gasteiger partial charge in [0, 0.05) is 9.79 Å². The van der Waals surface area contributed by atoms with Crippen LogP contribution < -0.4 is 20.5 Å². The zero-order chi connectivity index (χ0) is 19.3. The molecule has 0 fully saturated rings. The number of para-hydroxylation sites is 3. The molecular weight excluding hydrogens is 374 g/mol. The molecule has 28 heavy (non-hydrogen) atoms. The molecule has 0 saturated heterocycles. The maximum absolute atomic E-state index is 12.9. The molecule has 0 radical (unpaired) electrons. The van der Waals surface area contributed by atoms with E-state index in [2.05, 4.69) is 10.9 Å². The Balaban J connectivity index is 1.44. The Morgan fingerprint density at radius 3 is 2.00 bits per heavy atom. The fraction of sp³-hybridized carbons (Fsp3) is 0.0476. The van der Waals surface area contributed by atoms with Crippen molar-refractivity contribution in [1.29, 1.82) is 0 Å². The average Bonchev–Trinajstić information content (AvgIpc) is 2.75. The van der Waals surface area contributed by atoms with Crippen LogP contribution in [0.15, 0.2) is 88.7 Å². The molecule has 0 aromatic heterocycles. The molecule has 0 unspecified atom stereocenters. The zero-order valence-corrected chi connectivity index (χ0v) is 15.6. The summed E-state index contributed by atoms with van der Waals surface area (Å²) < 4.78 is 5.38. The first-order valence-electron chi connectivity index (χ1n) is 8.65. The quantitative estimate of drug-likeness (QED) is 0.659. The van der Waals surface area contributed by atoms with Gasteiger partial charge in [0.15, 0.2) is 6.61 Å². The number of rotatable bonds is 3. The van der Waals surface area contributed by atoms with Gasteiger partial charge in [-0.15, -0.1) is 0 Å². The lowest BCUT2D eigenvalue weighted by atomic mass is 10.2. The molecule has 6 nitrogen and oxygen atoms in total. The van der Waals surface area contributed by atoms with Crippen molar-refractivity contribution in [3.63, 3.8) is 0 Å². The molecule has 1 heterocycles. The first-order chi connectivity index (χ1) is 13.7. The summed E-state index contributed by atoms with van der Waals surface area (Å²) in [5.74, 6) is 0.130. The molecule has 0 atom stereocenters. The summed E-state index contributed by atoms with van der Waals surface area (Å²) in [5, 5.41) is 0. The molecular formula is C21H17N3O3S. The molecule has 0 saturated carbocycles. The second-order valence-corrected chi connectivity index (χ2v) is 7.04. The second kappa shape index (κ2) is 8.06. The lowest BCUT2D eigenvalue weighted by Crippen LogP contribution is -2.49. The van der Waals surface area contributed by atoms with Gasteiger partial charge >= 0.3 is 6.03 Å². The van der Waals surface area contributed by atoms with Gasteiger partial charge in [0.05, 0.1) is 11.4 Å². The minimum Gasteiger partial charge on any atom is -0.484 e. The summed E-state index contributed by atoms with van der Waals surface area (Å²) in [4.78, 5) is 28.4. The monoisotopic (exact) mass is 391 g/mol. The van der Waals surface area contributed by atoms with Crippen LogP contribution in [-0.2, 0) is 4.79 Å². The van der Waals surface area contributed by atoms with Crippen molar-refractivity contribution in [2.75, 3.05) is 11.5 Å². The smallest absolute Gasteiger partial charge is 0.345 e. The number of hydrogen-bond acceptors (Lipinski definition) is 4. The number of amides is 3. The van der Waals surface area contributed by atoms with E-state index in [-0.39, 0.29) is 6.61 Å². The molecule has 1 aliphatic heterocycles. The fourth-order valence-corrected chi connectivity index (χ4v) is 3.86. The minimum absolute atomic E-state index is 0.201. The Hall–Kier alpha value is -3.45. The molecule has 2 N–H and O–H groups in total. The number of hydrogen-bond donors (Lipinski definition) is 2. The number of urea groups is 1. The highest BCUT2D eigenvalue weighted by Gasteiger charge is 2.28. The molecule has 3 amide bonds. The van der Waals surface area contributed by atoms with Crippen molar-refractivity contribution in [3.05, 3.63) is 78.9 Å². The third-order valence-corrected chi connectivity index (χ3v) is 5.19. The van der Waals surface area contributed by atoms with Crippen molar-refractivity contribution in [2.45, 2.75) is 9.79 Å². The van der Waals surface area contributed by atoms with Gasteiger partial charge in [0.1, 0.15) is 5.75 Å². The summed E-state index contributed by atoms with van der Waals surface area (Å²) in [7, 11) is 0. The summed E-state index contributed by atoms with van der Waals surface area (Å²) >= 11 is 1.60. The Kier molecular flexibility index (Phi) is 5.16. The van der Waals surface area contributed by atoms with E-state index in [1.54, 1.807) is 28.8 Å². The predicted molar refractivity (Wildman–Crippen MR) is 108 cm³/mol. The number of carbonyl (C=O) groups is 2. The van der Waals surface area contributed by atoms with Crippen LogP contribution in [0, 0.1) is 0 Å². The van der Waals surface area contributed by atoms with E-state index in [1.807, 2.05) is 66.7 Å². The topological polar surface area (TPSA) is 70.7 Å². The molecule has 7 heteroatoms. The number of nitrogens with one attached hydrogen (secondary N) is 2. The van der Waals surface area contributed by atoms with Crippen LogP contribution in [0.3, 0.4) is 0 Å². The molecule has 0 bridgehead atoms. The Morgan fingerprint density at radius 1 is 0.786 bits per heavy atom. The SMILES string of the molecule is O=C(COc1ccccc1)NNC(=O)N1c2ccccc2Sc2ccccc21. The number of nitrogens with zero attached hydrogens (tertiary/aromatic N) is 1. The van der Waals surface area contributed by atoms with Gasteiger partial charge < -0.3 is 4.74 Å². The summed E-state index contributed by atoms with van der Waals surface area (Å²) in [6, 6.07) is 23.8. The van der Waals surface area contributed by atoms with Gasteiger partial charge in [-0.3, -0.25) is 15.1 Å². The van der Waals surface area contributed by atoms with Crippen molar-refractivity contribution in [3.8, 4) is 5.75 Å². The average molecular weight is 391 g/mol. The van der Waals surface area contributed by atoms with Crippen molar-refractivity contribution in [1.82, 2.24) is 10.9 Å². The van der Waals surface area contributed by atoms with E-state index in [0.717, 1.165) is 21.2 Å². The van der Waals surface area contributed by atoms with Crippen LogP contribution in [0.1, 0.15) is 0 Å². The lowest BCUT2D eigenvalue weighted by molar-refractivity contribution is -0.123. The third kappa shape index (κ3) is 3.79. The number of carbonyl (C=O) groups excluding carboxylic acids is 2. The van der Waals surface area contributed by atoms with Gasteiger partial charge in [0.2, 0.25) is 0 Å². The third-order valence-electron chi connectivity index (χ3n) is 4.06. The second-order valence-electron chi connectivity index (χ2n) is 5.95. The van der Waals surface area contributed by atoms with E-state index in [4.69, 9.17) is 4.74 Å². The number of hydrazine groups is 1. The van der Waals surface area contributed by atoms with Crippen LogP contribution in [-0.4, -0.2) is 18.5 Å². The van der Waals surface area contributed by atoms with E-state index in [1.165, 1.54) is 0 Å². The highest BCUT2D eigenvalue weighted by molar-refractivity contribution is 7.99. The van der Waals surface area contributed by atoms with Crippen LogP contribution in [0.5, 0.6) is 5.75 Å². The number of ether oxygens (including phenoxy) is 1. The van der Waals surface area contributed by atoms with Gasteiger partial charge in [-0.1, -0.05) is 54.2 Å². The number of fused-ring (bicyclic) bond motifs is 2. The largest absolute Gasteiger partial charge is 0.484 e. The normalized spacial score (nSPS) is 11.8. The standard InChI is InChI=1S/C21H17N3O3S/c25-20(14-27-15-8-2-1-3-9-15)22-23-21(26)24-16-10-4-6-12-18(16)28-19-13-7-5-11-17(19)24/h1-13H,14H2,(H,22,25)(H,23,26). The molecule has 3 aromatic carbocycles. The predicted octanol–water partition coefficient (Wildman–Crippen LogP) is 4.11. The Bertz CT molecular complexity index is 965. The van der Waals surface area contributed by atoms with E-state index in [9.17, 15) is 9.59 Å². The van der Waals surface area contributed by atoms with Gasteiger partial charge in [-0.05, 0) is 36.4 Å². The van der Waals surface area contributed by atoms with Crippen molar-refractivity contribution in [2.24, 2.45) is 0 Å². The van der Waals surface area contributed by atoms with Gasteiger partial charge in [-0.2, -0.15) is 0 Å². The highest BCUT2D eigenvalue weighted by Crippen LogP contribution is 2.47. The number of benzene rings is 3. The van der Waals surface area contributed by atoms with E-state index >= 15 is 0 Å². The lowest BCUT2D eigenvalue weighted by Gasteiger charge is -2.30. The number of anilines is 2. The maximum atomic E-state index is 12.9. The minimum atomic E-state index is -0.454. The maximum Gasteiger partial charge on any atom is 0.345 e. The molecule has 4 rings (SSSR count). The van der Waals surface area contributed by atoms with Gasteiger partial charge in [-0.25, -0.2) is 10.2 Å². The summed E-state index contributed by atoms with van der Waals surface area (Å²) in [6.45, 7) is -0.201. The van der Waals surface area contributed by atoms with Crippen LogP contribution in [0.4, 0.5) is 16.2 Å². The molecule has 140 valence electrons. The van der Waals surface area contributed by atoms with Crippen LogP contribution in [0.25, 0.3) is 0 Å². The molecule has 0 aliphatic carbocycles. The first-order valence-corrected chi connectivity index (χ1v) is 9.47.